The van der Waals surface area contributed by atoms with Gasteiger partial charge < -0.3 is 14.2 Å². The fourth-order valence-corrected chi connectivity index (χ4v) is 4.01. The Hall–Kier alpha value is -2.80. The average Bonchev–Trinajstić information content (AvgIpc) is 3.16. The lowest BCUT2D eigenvalue weighted by Crippen LogP contribution is -2.38. The van der Waals surface area contributed by atoms with Gasteiger partial charge in [-0.25, -0.2) is 0 Å². The normalized spacial score (nSPS) is 10.9. The lowest BCUT2D eigenvalue weighted by atomic mass is 10.2. The summed E-state index contributed by atoms with van der Waals surface area (Å²) in [7, 11) is 1.64. The van der Waals surface area contributed by atoms with Crippen LogP contribution in [0, 0.1) is 0 Å². The van der Waals surface area contributed by atoms with Crippen LogP contribution in [0.3, 0.4) is 0 Å². The Morgan fingerprint density at radius 3 is 2.38 bits per heavy atom. The Morgan fingerprint density at radius 1 is 1.10 bits per heavy atom. The maximum Gasteiger partial charge on any atom is 0.237 e. The largest absolute Gasteiger partial charge is 0.497 e. The third-order valence-electron chi connectivity index (χ3n) is 4.53. The van der Waals surface area contributed by atoms with Gasteiger partial charge >= 0.3 is 0 Å². The number of rotatable bonds is 8. The van der Waals surface area contributed by atoms with E-state index < -0.39 is 0 Å². The van der Waals surface area contributed by atoms with Gasteiger partial charge in [-0.1, -0.05) is 30.0 Å². The SMILES string of the molecule is CCn1c(SCC(=O)N(c2ccccc2)C(C)C)nnc1-c1ccc(OC)cc1. The van der Waals surface area contributed by atoms with Gasteiger partial charge in [0.15, 0.2) is 11.0 Å². The summed E-state index contributed by atoms with van der Waals surface area (Å²) in [4.78, 5) is 14.8. The number of ether oxygens (including phenoxy) is 1. The van der Waals surface area contributed by atoms with Gasteiger partial charge in [0.25, 0.3) is 0 Å². The summed E-state index contributed by atoms with van der Waals surface area (Å²) in [5.41, 5.74) is 1.87. The molecule has 0 aliphatic heterocycles. The number of hydrogen-bond donors (Lipinski definition) is 0. The maximum atomic E-state index is 12.9. The molecule has 1 heterocycles. The standard InChI is InChI=1S/C22H26N4O2S/c1-5-25-21(17-11-13-19(28-4)14-12-17)23-24-22(25)29-15-20(27)26(16(2)3)18-9-7-6-8-10-18/h6-14,16H,5,15H2,1-4H3. The Kier molecular flexibility index (Phi) is 6.93. The fraction of sp³-hybridized carbons (Fsp3) is 0.318. The second kappa shape index (κ2) is 9.60. The fourth-order valence-electron chi connectivity index (χ4n) is 3.15. The molecule has 0 spiro atoms. The van der Waals surface area contributed by atoms with E-state index in [1.807, 2.05) is 84.8 Å². The van der Waals surface area contributed by atoms with Crippen LogP contribution >= 0.6 is 11.8 Å². The molecule has 0 N–H and O–H groups in total. The predicted octanol–water partition coefficient (Wildman–Crippen LogP) is 4.51. The molecule has 0 fully saturated rings. The molecule has 7 heteroatoms. The Bertz CT molecular complexity index is 939. The number of benzene rings is 2. The minimum absolute atomic E-state index is 0.0489. The van der Waals surface area contributed by atoms with Crippen LogP contribution in [0.5, 0.6) is 5.75 Å². The van der Waals surface area contributed by atoms with Crippen LogP contribution < -0.4 is 9.64 Å². The van der Waals surface area contributed by atoms with Gasteiger partial charge in [-0.3, -0.25) is 4.79 Å². The van der Waals surface area contributed by atoms with Crippen LogP contribution in [0.25, 0.3) is 11.4 Å². The molecule has 0 unspecified atom stereocenters. The van der Waals surface area contributed by atoms with Crippen LogP contribution in [0.1, 0.15) is 20.8 Å². The smallest absolute Gasteiger partial charge is 0.237 e. The first-order valence-electron chi connectivity index (χ1n) is 9.62. The van der Waals surface area contributed by atoms with Crippen LogP contribution in [-0.2, 0) is 11.3 Å². The Labute approximate surface area is 175 Å². The first-order valence-corrected chi connectivity index (χ1v) is 10.6. The number of carbonyl (C=O) groups excluding carboxylic acids is 1. The molecule has 1 amide bonds. The molecule has 0 aliphatic rings. The molecule has 3 rings (SSSR count). The number of aromatic nitrogens is 3. The second-order valence-corrected chi connectivity index (χ2v) is 7.70. The molecule has 0 saturated heterocycles. The molecule has 0 saturated carbocycles. The number of thioether (sulfide) groups is 1. The summed E-state index contributed by atoms with van der Waals surface area (Å²) in [6.45, 7) is 6.81. The second-order valence-electron chi connectivity index (χ2n) is 6.76. The lowest BCUT2D eigenvalue weighted by molar-refractivity contribution is -0.116. The highest BCUT2D eigenvalue weighted by Gasteiger charge is 2.21. The molecule has 0 atom stereocenters. The van der Waals surface area contributed by atoms with Gasteiger partial charge in [0, 0.05) is 23.8 Å². The van der Waals surface area contributed by atoms with E-state index in [1.165, 1.54) is 11.8 Å². The lowest BCUT2D eigenvalue weighted by Gasteiger charge is -2.26. The molecule has 0 bridgehead atoms. The minimum Gasteiger partial charge on any atom is -0.497 e. The average molecular weight is 411 g/mol. The number of amides is 1. The number of hydrogen-bond acceptors (Lipinski definition) is 5. The highest BCUT2D eigenvalue weighted by atomic mass is 32.2. The van der Waals surface area contributed by atoms with Crippen molar-refractivity contribution in [2.45, 2.75) is 38.5 Å². The van der Waals surface area contributed by atoms with E-state index in [4.69, 9.17) is 4.74 Å². The highest BCUT2D eigenvalue weighted by Crippen LogP contribution is 2.26. The summed E-state index contributed by atoms with van der Waals surface area (Å²) >= 11 is 1.42. The zero-order valence-electron chi connectivity index (χ0n) is 17.2. The van der Waals surface area contributed by atoms with Crippen molar-refractivity contribution in [3.8, 4) is 17.1 Å². The van der Waals surface area contributed by atoms with Gasteiger partial charge in [0.1, 0.15) is 5.75 Å². The molecule has 6 nitrogen and oxygen atoms in total. The maximum absolute atomic E-state index is 12.9. The molecule has 2 aromatic carbocycles. The quantitative estimate of drug-likeness (QED) is 0.512. The van der Waals surface area contributed by atoms with E-state index in [-0.39, 0.29) is 11.9 Å². The molecular formula is C22H26N4O2S. The van der Waals surface area contributed by atoms with Crippen molar-refractivity contribution in [2.24, 2.45) is 0 Å². The van der Waals surface area contributed by atoms with E-state index >= 15 is 0 Å². The van der Waals surface area contributed by atoms with E-state index in [0.29, 0.717) is 5.75 Å². The summed E-state index contributed by atoms with van der Waals surface area (Å²) in [6.07, 6.45) is 0. The monoisotopic (exact) mass is 410 g/mol. The van der Waals surface area contributed by atoms with Crippen LogP contribution in [0.4, 0.5) is 5.69 Å². The number of anilines is 1. The zero-order valence-corrected chi connectivity index (χ0v) is 18.0. The summed E-state index contributed by atoms with van der Waals surface area (Å²) in [6, 6.07) is 17.6. The molecule has 0 radical (unpaired) electrons. The Morgan fingerprint density at radius 2 is 1.79 bits per heavy atom. The Balaban J connectivity index is 1.76. The van der Waals surface area contributed by atoms with Crippen molar-refractivity contribution in [1.29, 1.82) is 0 Å². The summed E-state index contributed by atoms with van der Waals surface area (Å²) in [5.74, 6) is 1.93. The zero-order chi connectivity index (χ0) is 20.8. The van der Waals surface area contributed by atoms with Crippen molar-refractivity contribution >= 4 is 23.4 Å². The molecule has 1 aromatic heterocycles. The highest BCUT2D eigenvalue weighted by molar-refractivity contribution is 7.99. The molecular weight excluding hydrogens is 384 g/mol. The van der Waals surface area contributed by atoms with Gasteiger partial charge in [-0.15, -0.1) is 10.2 Å². The first kappa shape index (κ1) is 20.9. The van der Waals surface area contributed by atoms with E-state index in [9.17, 15) is 4.79 Å². The molecule has 0 aliphatic carbocycles. The van der Waals surface area contributed by atoms with Crippen molar-refractivity contribution in [3.05, 3.63) is 54.6 Å². The molecule has 29 heavy (non-hydrogen) atoms. The molecule has 3 aromatic rings. The first-order chi connectivity index (χ1) is 14.0. The van der Waals surface area contributed by atoms with Crippen LogP contribution in [0.15, 0.2) is 59.8 Å². The third kappa shape index (κ3) is 4.79. The number of carbonyl (C=O) groups is 1. The number of para-hydroxylation sites is 1. The van der Waals surface area contributed by atoms with Crippen molar-refractivity contribution in [3.63, 3.8) is 0 Å². The van der Waals surface area contributed by atoms with Gasteiger partial charge in [0.2, 0.25) is 5.91 Å². The van der Waals surface area contributed by atoms with E-state index in [2.05, 4.69) is 10.2 Å². The van der Waals surface area contributed by atoms with E-state index in [0.717, 1.165) is 34.5 Å². The van der Waals surface area contributed by atoms with Gasteiger partial charge in [-0.2, -0.15) is 0 Å². The van der Waals surface area contributed by atoms with Crippen molar-refractivity contribution in [1.82, 2.24) is 14.8 Å². The molecule has 152 valence electrons. The minimum atomic E-state index is 0.0489. The van der Waals surface area contributed by atoms with E-state index in [1.54, 1.807) is 7.11 Å². The van der Waals surface area contributed by atoms with Gasteiger partial charge in [0.05, 0.1) is 12.9 Å². The number of methoxy groups -OCH3 is 1. The van der Waals surface area contributed by atoms with Crippen molar-refractivity contribution in [2.75, 3.05) is 17.8 Å². The van der Waals surface area contributed by atoms with Crippen LogP contribution in [-0.4, -0.2) is 39.6 Å². The van der Waals surface area contributed by atoms with Crippen molar-refractivity contribution < 1.29 is 9.53 Å². The summed E-state index contributed by atoms with van der Waals surface area (Å²) < 4.78 is 7.25. The third-order valence-corrected chi connectivity index (χ3v) is 5.48. The number of nitrogens with zero attached hydrogens (tertiary/aromatic N) is 4. The van der Waals surface area contributed by atoms with Crippen LogP contribution in [0.2, 0.25) is 0 Å². The predicted molar refractivity (Wildman–Crippen MR) is 117 cm³/mol. The summed E-state index contributed by atoms with van der Waals surface area (Å²) in [5, 5.41) is 9.42. The topological polar surface area (TPSA) is 60.2 Å². The van der Waals surface area contributed by atoms with Gasteiger partial charge in [-0.05, 0) is 57.2 Å².